The van der Waals surface area contributed by atoms with Gasteiger partial charge in [-0.3, -0.25) is 4.79 Å². The molecule has 1 fully saturated rings. The predicted octanol–water partition coefficient (Wildman–Crippen LogP) is 6.24. The predicted molar refractivity (Wildman–Crippen MR) is 139 cm³/mol. The minimum Gasteiger partial charge on any atom is -0.342 e. The highest BCUT2D eigenvalue weighted by atomic mass is 16.2. The summed E-state index contributed by atoms with van der Waals surface area (Å²) in [6.07, 6.45) is 4.74. The van der Waals surface area contributed by atoms with E-state index < -0.39 is 0 Å². The number of aromatic nitrogens is 1. The molecular weight excluding hydrogens is 418 g/mol. The van der Waals surface area contributed by atoms with Crippen LogP contribution in [0.3, 0.4) is 0 Å². The third-order valence-electron chi connectivity index (χ3n) is 6.73. The van der Waals surface area contributed by atoms with Crippen molar-refractivity contribution in [2.75, 3.05) is 0 Å². The third kappa shape index (κ3) is 4.67. The van der Waals surface area contributed by atoms with Crippen LogP contribution in [-0.2, 0) is 16.8 Å². The molecule has 0 aliphatic heterocycles. The fourth-order valence-electron chi connectivity index (χ4n) is 4.62. The lowest BCUT2D eigenvalue weighted by atomic mass is 9.86. The number of fused-ring (bicyclic) bond motifs is 1. The Morgan fingerprint density at radius 1 is 1.00 bits per heavy atom. The van der Waals surface area contributed by atoms with Crippen LogP contribution < -0.4 is 5.43 Å². The van der Waals surface area contributed by atoms with Crippen molar-refractivity contribution in [1.29, 1.82) is 0 Å². The maximum Gasteiger partial charge on any atom is 0.243 e. The monoisotopic (exact) mass is 449 g/mol. The number of hydrogen-bond donors (Lipinski definition) is 1. The minimum atomic E-state index is -0.00540. The quantitative estimate of drug-likeness (QED) is 0.275. The zero-order chi connectivity index (χ0) is 23.7. The Bertz CT molecular complexity index is 1330. The number of hydrazone groups is 1. The van der Waals surface area contributed by atoms with Gasteiger partial charge in [0.1, 0.15) is 0 Å². The molecule has 1 saturated carbocycles. The van der Waals surface area contributed by atoms with E-state index in [0.29, 0.717) is 0 Å². The van der Waals surface area contributed by atoms with Crippen molar-refractivity contribution >= 4 is 23.0 Å². The summed E-state index contributed by atoms with van der Waals surface area (Å²) < 4.78 is 2.23. The lowest BCUT2D eigenvalue weighted by Crippen LogP contribution is -2.20. The average molecular weight is 450 g/mol. The summed E-state index contributed by atoms with van der Waals surface area (Å²) in [5, 5.41) is 5.43. The molecule has 34 heavy (non-hydrogen) atoms. The molecule has 0 spiro atoms. The van der Waals surface area contributed by atoms with E-state index in [1.165, 1.54) is 16.7 Å². The second-order valence-electron chi connectivity index (χ2n) is 10.3. The van der Waals surface area contributed by atoms with Crippen molar-refractivity contribution in [3.8, 4) is 0 Å². The first-order valence-corrected chi connectivity index (χ1v) is 12.0. The van der Waals surface area contributed by atoms with Gasteiger partial charge in [-0.2, -0.15) is 5.10 Å². The zero-order valence-electron chi connectivity index (χ0n) is 20.0. The van der Waals surface area contributed by atoms with E-state index in [1.807, 2.05) is 18.2 Å². The van der Waals surface area contributed by atoms with E-state index in [4.69, 9.17) is 0 Å². The van der Waals surface area contributed by atoms with Crippen molar-refractivity contribution in [3.63, 3.8) is 0 Å². The van der Waals surface area contributed by atoms with Crippen molar-refractivity contribution < 1.29 is 4.79 Å². The van der Waals surface area contributed by atoms with Gasteiger partial charge >= 0.3 is 0 Å². The first-order chi connectivity index (χ1) is 16.4. The Morgan fingerprint density at radius 2 is 1.71 bits per heavy atom. The Kier molecular flexibility index (Phi) is 5.82. The van der Waals surface area contributed by atoms with Crippen molar-refractivity contribution in [2.24, 2.45) is 11.0 Å². The van der Waals surface area contributed by atoms with Crippen LogP contribution in [0.1, 0.15) is 55.4 Å². The molecule has 1 aliphatic rings. The number of nitrogens with one attached hydrogen (secondary N) is 1. The van der Waals surface area contributed by atoms with Gasteiger partial charge in [0.15, 0.2) is 0 Å². The molecule has 3 aromatic carbocycles. The summed E-state index contributed by atoms with van der Waals surface area (Å²) in [5.74, 6) is 0.281. The Labute approximate surface area is 201 Å². The maximum atomic E-state index is 12.7. The molecule has 1 heterocycles. The van der Waals surface area contributed by atoms with Gasteiger partial charge in [-0.15, -0.1) is 0 Å². The van der Waals surface area contributed by atoms with Gasteiger partial charge in [-0.05, 0) is 40.5 Å². The van der Waals surface area contributed by atoms with Gasteiger partial charge < -0.3 is 4.57 Å². The van der Waals surface area contributed by atoms with Crippen LogP contribution in [0.4, 0.5) is 0 Å². The van der Waals surface area contributed by atoms with Crippen LogP contribution in [0.25, 0.3) is 10.9 Å². The number of nitrogens with zero attached hydrogens (tertiary/aromatic N) is 2. The van der Waals surface area contributed by atoms with E-state index in [-0.39, 0.29) is 23.2 Å². The van der Waals surface area contributed by atoms with Gasteiger partial charge in [0.2, 0.25) is 5.91 Å². The van der Waals surface area contributed by atoms with Crippen molar-refractivity contribution in [3.05, 3.63) is 107 Å². The molecular formula is C30H31N3O. The summed E-state index contributed by atoms with van der Waals surface area (Å²) in [6.45, 7) is 7.44. The number of para-hydroxylation sites is 1. The number of hydrogen-bond acceptors (Lipinski definition) is 2. The van der Waals surface area contributed by atoms with E-state index in [0.717, 1.165) is 29.4 Å². The van der Waals surface area contributed by atoms with Gasteiger partial charge in [0.25, 0.3) is 0 Å². The number of amides is 1. The molecule has 0 bridgehead atoms. The molecule has 0 unspecified atom stereocenters. The van der Waals surface area contributed by atoms with Gasteiger partial charge in [-0.1, -0.05) is 93.6 Å². The topological polar surface area (TPSA) is 46.4 Å². The fraction of sp³-hybridized carbons (Fsp3) is 0.267. The molecule has 1 aromatic heterocycles. The van der Waals surface area contributed by atoms with Crippen LogP contribution in [0.2, 0.25) is 0 Å². The van der Waals surface area contributed by atoms with Crippen LogP contribution >= 0.6 is 0 Å². The number of carbonyl (C=O) groups is 1. The van der Waals surface area contributed by atoms with Gasteiger partial charge in [-0.25, -0.2) is 5.43 Å². The van der Waals surface area contributed by atoms with Crippen molar-refractivity contribution in [1.82, 2.24) is 9.99 Å². The largest absolute Gasteiger partial charge is 0.342 e. The summed E-state index contributed by atoms with van der Waals surface area (Å²) in [5.41, 5.74) is 8.86. The smallest absolute Gasteiger partial charge is 0.243 e. The summed E-state index contributed by atoms with van der Waals surface area (Å²) in [6, 6.07) is 27.4. The van der Waals surface area contributed by atoms with E-state index in [1.54, 1.807) is 6.21 Å². The number of rotatable bonds is 6. The molecule has 1 N–H and O–H groups in total. The molecule has 1 aliphatic carbocycles. The second-order valence-corrected chi connectivity index (χ2v) is 10.3. The number of carbonyl (C=O) groups excluding carboxylic acids is 1. The summed E-state index contributed by atoms with van der Waals surface area (Å²) >= 11 is 0. The first-order valence-electron chi connectivity index (χ1n) is 12.0. The normalized spacial score (nSPS) is 17.9. The summed E-state index contributed by atoms with van der Waals surface area (Å²) in [4.78, 5) is 12.7. The molecule has 0 saturated heterocycles. The molecule has 172 valence electrons. The fourth-order valence-corrected chi connectivity index (χ4v) is 4.62. The highest BCUT2D eigenvalue weighted by Crippen LogP contribution is 2.47. The molecule has 4 heteroatoms. The number of benzene rings is 3. The van der Waals surface area contributed by atoms with E-state index in [9.17, 15) is 4.79 Å². The summed E-state index contributed by atoms with van der Waals surface area (Å²) in [7, 11) is 0. The Hall–Kier alpha value is -3.66. The zero-order valence-corrected chi connectivity index (χ0v) is 20.0. The third-order valence-corrected chi connectivity index (χ3v) is 6.73. The van der Waals surface area contributed by atoms with Crippen LogP contribution in [0.5, 0.6) is 0 Å². The Morgan fingerprint density at radius 3 is 2.44 bits per heavy atom. The average Bonchev–Trinajstić information content (AvgIpc) is 3.57. The van der Waals surface area contributed by atoms with Crippen LogP contribution in [0.15, 0.2) is 90.2 Å². The molecule has 1 amide bonds. The molecule has 4 aromatic rings. The van der Waals surface area contributed by atoms with E-state index >= 15 is 0 Å². The minimum absolute atomic E-state index is 0.00272. The van der Waals surface area contributed by atoms with Gasteiger partial charge in [0.05, 0.1) is 6.21 Å². The molecule has 5 rings (SSSR count). The lowest BCUT2D eigenvalue weighted by molar-refractivity contribution is -0.122. The molecule has 4 nitrogen and oxygen atoms in total. The molecule has 0 radical (unpaired) electrons. The first kappa shape index (κ1) is 22.1. The Balaban J connectivity index is 1.25. The van der Waals surface area contributed by atoms with Crippen LogP contribution in [-0.4, -0.2) is 16.7 Å². The van der Waals surface area contributed by atoms with Crippen molar-refractivity contribution in [2.45, 2.75) is 45.1 Å². The highest BCUT2D eigenvalue weighted by Gasteiger charge is 2.44. The highest BCUT2D eigenvalue weighted by molar-refractivity contribution is 5.99. The van der Waals surface area contributed by atoms with Gasteiger partial charge in [0, 0.05) is 35.1 Å². The maximum absolute atomic E-state index is 12.7. The SMILES string of the molecule is CC(C)(C)c1ccc([C@H]2C[C@@H]2C(=O)N/N=C\c2cn(Cc3ccccc3)c3ccccc23)cc1. The second kappa shape index (κ2) is 8.94. The standard InChI is InChI=1S/C30H31N3O/c1-30(2,3)24-15-13-22(14-16-24)26-17-27(26)29(34)32-31-18-23-20-33(19-21-9-5-4-6-10-21)28-12-8-7-11-25(23)28/h4-16,18,20,26-27H,17,19H2,1-3H3,(H,32,34)/b31-18-/t26-,27+/m1/s1. The van der Waals surface area contributed by atoms with E-state index in [2.05, 4.69) is 103 Å². The van der Waals surface area contributed by atoms with Crippen LogP contribution in [0, 0.1) is 5.92 Å². The molecule has 2 atom stereocenters. The lowest BCUT2D eigenvalue weighted by Gasteiger charge is -2.19.